The SMILES string of the molecule is CC(=O)N(CCC(=O)NCc1ccccc1F)c1ccc2c(c1)OCCO2. The summed E-state index contributed by atoms with van der Waals surface area (Å²) in [4.78, 5) is 25.6. The van der Waals surface area contributed by atoms with Crippen molar-refractivity contribution in [1.82, 2.24) is 5.32 Å². The molecule has 2 aromatic rings. The molecule has 0 aliphatic carbocycles. The second-order valence-corrected chi connectivity index (χ2v) is 6.12. The first kappa shape index (κ1) is 18.7. The first-order valence-corrected chi connectivity index (χ1v) is 8.72. The molecule has 1 aliphatic heterocycles. The lowest BCUT2D eigenvalue weighted by Gasteiger charge is -2.24. The number of nitrogens with one attached hydrogen (secondary N) is 1. The van der Waals surface area contributed by atoms with Crippen LogP contribution < -0.4 is 19.7 Å². The molecule has 27 heavy (non-hydrogen) atoms. The molecule has 0 atom stereocenters. The lowest BCUT2D eigenvalue weighted by molar-refractivity contribution is -0.121. The lowest BCUT2D eigenvalue weighted by Crippen LogP contribution is -2.34. The monoisotopic (exact) mass is 372 g/mol. The first-order chi connectivity index (χ1) is 13.0. The summed E-state index contributed by atoms with van der Waals surface area (Å²) < 4.78 is 24.6. The number of hydrogen-bond acceptors (Lipinski definition) is 4. The van der Waals surface area contributed by atoms with Crippen LogP contribution in [0.3, 0.4) is 0 Å². The van der Waals surface area contributed by atoms with Gasteiger partial charge in [0.25, 0.3) is 0 Å². The molecule has 0 spiro atoms. The highest BCUT2D eigenvalue weighted by molar-refractivity contribution is 5.92. The fourth-order valence-electron chi connectivity index (χ4n) is 2.81. The van der Waals surface area contributed by atoms with E-state index >= 15 is 0 Å². The summed E-state index contributed by atoms with van der Waals surface area (Å²) in [6, 6.07) is 11.5. The molecule has 2 amide bonds. The molecule has 3 rings (SSSR count). The van der Waals surface area contributed by atoms with Gasteiger partial charge in [0, 0.05) is 43.8 Å². The highest BCUT2D eigenvalue weighted by Crippen LogP contribution is 2.34. The van der Waals surface area contributed by atoms with Gasteiger partial charge in [0.05, 0.1) is 0 Å². The number of nitrogens with zero attached hydrogens (tertiary/aromatic N) is 1. The van der Waals surface area contributed by atoms with Crippen LogP contribution in [-0.2, 0) is 16.1 Å². The van der Waals surface area contributed by atoms with Crippen LogP contribution >= 0.6 is 0 Å². The summed E-state index contributed by atoms with van der Waals surface area (Å²) in [6.07, 6.45) is 0.0997. The van der Waals surface area contributed by atoms with Gasteiger partial charge in [-0.05, 0) is 18.2 Å². The molecular weight excluding hydrogens is 351 g/mol. The highest BCUT2D eigenvalue weighted by Gasteiger charge is 2.18. The van der Waals surface area contributed by atoms with Gasteiger partial charge in [-0.25, -0.2) is 4.39 Å². The van der Waals surface area contributed by atoms with Crippen molar-refractivity contribution < 1.29 is 23.5 Å². The van der Waals surface area contributed by atoms with E-state index in [9.17, 15) is 14.0 Å². The van der Waals surface area contributed by atoms with Crippen molar-refractivity contribution in [3.05, 3.63) is 53.8 Å². The Bertz CT molecular complexity index is 840. The highest BCUT2D eigenvalue weighted by atomic mass is 19.1. The summed E-state index contributed by atoms with van der Waals surface area (Å²) >= 11 is 0. The van der Waals surface area contributed by atoms with Crippen LogP contribution in [-0.4, -0.2) is 31.6 Å². The molecule has 0 bridgehead atoms. The zero-order valence-corrected chi connectivity index (χ0v) is 15.0. The molecule has 0 fully saturated rings. The van der Waals surface area contributed by atoms with Crippen LogP contribution in [0.15, 0.2) is 42.5 Å². The van der Waals surface area contributed by atoms with Crippen LogP contribution in [0.1, 0.15) is 18.9 Å². The average molecular weight is 372 g/mol. The standard InChI is InChI=1S/C20H21FN2O4/c1-14(24)23(16-6-7-18-19(12-16)27-11-10-26-18)9-8-20(25)22-13-15-4-2-3-5-17(15)21/h2-7,12H,8-11,13H2,1H3,(H,22,25). The number of hydrogen-bond donors (Lipinski definition) is 1. The van der Waals surface area contributed by atoms with Crippen molar-refractivity contribution >= 4 is 17.5 Å². The molecule has 1 heterocycles. The van der Waals surface area contributed by atoms with Gasteiger partial charge < -0.3 is 19.7 Å². The fraction of sp³-hybridized carbons (Fsp3) is 0.300. The third kappa shape index (κ3) is 4.75. The molecule has 142 valence electrons. The topological polar surface area (TPSA) is 67.9 Å². The van der Waals surface area contributed by atoms with Crippen LogP contribution in [0.2, 0.25) is 0 Å². The van der Waals surface area contributed by atoms with E-state index in [0.29, 0.717) is 36.0 Å². The lowest BCUT2D eigenvalue weighted by atomic mass is 10.2. The molecule has 0 unspecified atom stereocenters. The largest absolute Gasteiger partial charge is 0.486 e. The number of rotatable bonds is 6. The molecule has 0 saturated heterocycles. The summed E-state index contributed by atoms with van der Waals surface area (Å²) in [5, 5.41) is 2.67. The quantitative estimate of drug-likeness (QED) is 0.847. The number of amides is 2. The minimum Gasteiger partial charge on any atom is -0.486 e. The summed E-state index contributed by atoms with van der Waals surface area (Å²) in [5.74, 6) is 0.403. The second-order valence-electron chi connectivity index (χ2n) is 6.12. The van der Waals surface area contributed by atoms with Crippen molar-refractivity contribution in [2.45, 2.75) is 19.9 Å². The number of anilines is 1. The number of halogens is 1. The van der Waals surface area contributed by atoms with E-state index in [1.165, 1.54) is 17.9 Å². The van der Waals surface area contributed by atoms with Crippen molar-refractivity contribution in [3.8, 4) is 11.5 Å². The van der Waals surface area contributed by atoms with Crippen LogP contribution in [0.4, 0.5) is 10.1 Å². The Balaban J connectivity index is 1.59. The van der Waals surface area contributed by atoms with E-state index in [0.717, 1.165) is 0 Å². The van der Waals surface area contributed by atoms with Gasteiger partial charge in [-0.2, -0.15) is 0 Å². The van der Waals surface area contributed by atoms with Crippen LogP contribution in [0.5, 0.6) is 11.5 Å². The number of ether oxygens (including phenoxy) is 2. The zero-order valence-electron chi connectivity index (χ0n) is 15.0. The molecule has 0 radical (unpaired) electrons. The van der Waals surface area contributed by atoms with Crippen molar-refractivity contribution in [3.63, 3.8) is 0 Å². The molecule has 6 nitrogen and oxygen atoms in total. The molecular formula is C20H21FN2O4. The van der Waals surface area contributed by atoms with Gasteiger partial charge in [-0.15, -0.1) is 0 Å². The number of carbonyl (C=O) groups excluding carboxylic acids is 2. The molecule has 0 aromatic heterocycles. The number of carbonyl (C=O) groups is 2. The Hall–Kier alpha value is -3.09. The van der Waals surface area contributed by atoms with Gasteiger partial charge in [-0.1, -0.05) is 18.2 Å². The van der Waals surface area contributed by atoms with E-state index in [1.54, 1.807) is 36.4 Å². The van der Waals surface area contributed by atoms with Crippen molar-refractivity contribution in [2.75, 3.05) is 24.7 Å². The molecule has 0 saturated carbocycles. The van der Waals surface area contributed by atoms with E-state index in [-0.39, 0.29) is 37.1 Å². The Kier molecular flexibility index (Phi) is 5.90. The minimum atomic E-state index is -0.362. The predicted molar refractivity (Wildman–Crippen MR) is 98.3 cm³/mol. The number of fused-ring (bicyclic) bond motifs is 1. The Morgan fingerprint density at radius 1 is 1.11 bits per heavy atom. The maximum absolute atomic E-state index is 13.6. The average Bonchev–Trinajstić information content (AvgIpc) is 2.67. The fourth-order valence-corrected chi connectivity index (χ4v) is 2.81. The van der Waals surface area contributed by atoms with E-state index in [2.05, 4.69) is 5.32 Å². The molecule has 7 heteroatoms. The summed E-state index contributed by atoms with van der Waals surface area (Å²) in [6.45, 7) is 2.70. The Morgan fingerprint density at radius 2 is 1.85 bits per heavy atom. The summed E-state index contributed by atoms with van der Waals surface area (Å²) in [5.41, 5.74) is 1.05. The minimum absolute atomic E-state index is 0.0997. The molecule has 1 aliphatic rings. The maximum Gasteiger partial charge on any atom is 0.223 e. The van der Waals surface area contributed by atoms with Gasteiger partial charge in [-0.3, -0.25) is 9.59 Å². The van der Waals surface area contributed by atoms with Crippen molar-refractivity contribution in [1.29, 1.82) is 0 Å². The third-order valence-corrected chi connectivity index (χ3v) is 4.21. The first-order valence-electron chi connectivity index (χ1n) is 8.72. The smallest absolute Gasteiger partial charge is 0.223 e. The van der Waals surface area contributed by atoms with E-state index in [4.69, 9.17) is 9.47 Å². The number of benzene rings is 2. The van der Waals surface area contributed by atoms with Gasteiger partial charge in [0.2, 0.25) is 11.8 Å². The van der Waals surface area contributed by atoms with Gasteiger partial charge in [0.1, 0.15) is 19.0 Å². The summed E-state index contributed by atoms with van der Waals surface area (Å²) in [7, 11) is 0. The van der Waals surface area contributed by atoms with Crippen LogP contribution in [0, 0.1) is 5.82 Å². The maximum atomic E-state index is 13.6. The zero-order chi connectivity index (χ0) is 19.2. The van der Waals surface area contributed by atoms with Gasteiger partial charge in [0.15, 0.2) is 11.5 Å². The van der Waals surface area contributed by atoms with Gasteiger partial charge >= 0.3 is 0 Å². The Labute approximate surface area is 156 Å². The second kappa shape index (κ2) is 8.53. The van der Waals surface area contributed by atoms with E-state index < -0.39 is 0 Å². The molecule has 1 N–H and O–H groups in total. The van der Waals surface area contributed by atoms with E-state index in [1.807, 2.05) is 0 Å². The normalized spacial score (nSPS) is 12.4. The predicted octanol–water partition coefficient (Wildman–Crippen LogP) is 2.66. The molecule has 2 aromatic carbocycles. The van der Waals surface area contributed by atoms with Crippen LogP contribution in [0.25, 0.3) is 0 Å². The van der Waals surface area contributed by atoms with Crippen molar-refractivity contribution in [2.24, 2.45) is 0 Å². The Morgan fingerprint density at radius 3 is 2.59 bits per heavy atom. The third-order valence-electron chi connectivity index (χ3n) is 4.21.